The summed E-state index contributed by atoms with van der Waals surface area (Å²) in [5.74, 6) is 0.426. The lowest BCUT2D eigenvalue weighted by atomic mass is 10.2. The predicted octanol–water partition coefficient (Wildman–Crippen LogP) is 3.76. The van der Waals surface area contributed by atoms with Crippen LogP contribution >= 0.6 is 23.1 Å². The van der Waals surface area contributed by atoms with E-state index in [0.29, 0.717) is 16.1 Å². The van der Waals surface area contributed by atoms with E-state index in [9.17, 15) is 14.9 Å². The maximum absolute atomic E-state index is 11.8. The molecule has 1 saturated carbocycles. The van der Waals surface area contributed by atoms with Crippen LogP contribution in [0.1, 0.15) is 29.2 Å². The molecule has 1 amide bonds. The minimum absolute atomic E-state index is 0.121. The van der Waals surface area contributed by atoms with E-state index in [0.717, 1.165) is 23.5 Å². The van der Waals surface area contributed by atoms with Gasteiger partial charge in [0, 0.05) is 24.7 Å². The Labute approximate surface area is 162 Å². The fraction of sp³-hybridized carbons (Fsp3) is 0.235. The lowest BCUT2D eigenvalue weighted by Crippen LogP contribution is -2.17. The van der Waals surface area contributed by atoms with Crippen molar-refractivity contribution in [3.63, 3.8) is 0 Å². The van der Waals surface area contributed by atoms with Crippen LogP contribution in [0.3, 0.4) is 0 Å². The number of hydrogen-bond acceptors (Lipinski definition) is 7. The highest BCUT2D eigenvalue weighted by Crippen LogP contribution is 2.44. The second-order valence-electron chi connectivity index (χ2n) is 6.01. The Kier molecular flexibility index (Phi) is 4.66. The van der Waals surface area contributed by atoms with Gasteiger partial charge in [-0.25, -0.2) is 0 Å². The van der Waals surface area contributed by atoms with Crippen molar-refractivity contribution in [3.05, 3.63) is 51.4 Å². The number of rotatable bonds is 6. The quantitative estimate of drug-likeness (QED) is 0.498. The minimum atomic E-state index is -0.479. The van der Waals surface area contributed by atoms with E-state index >= 15 is 0 Å². The van der Waals surface area contributed by atoms with E-state index in [-0.39, 0.29) is 17.2 Å². The van der Waals surface area contributed by atoms with Gasteiger partial charge in [0.2, 0.25) is 0 Å². The van der Waals surface area contributed by atoms with E-state index in [4.69, 9.17) is 0 Å². The number of carbonyl (C=O) groups excluding carboxylic acids is 1. The molecule has 1 aromatic carbocycles. The number of hydrogen-bond donors (Lipinski definition) is 1. The Morgan fingerprint density at radius 2 is 2.19 bits per heavy atom. The summed E-state index contributed by atoms with van der Waals surface area (Å²) in [6.07, 6.45) is 2.09. The molecule has 0 atom stereocenters. The average molecular weight is 401 g/mol. The first kappa shape index (κ1) is 17.7. The smallest absolute Gasteiger partial charge is 0.284 e. The van der Waals surface area contributed by atoms with Gasteiger partial charge in [-0.3, -0.25) is 19.5 Å². The van der Waals surface area contributed by atoms with Crippen molar-refractivity contribution in [2.45, 2.75) is 28.9 Å². The molecule has 138 valence electrons. The van der Waals surface area contributed by atoms with E-state index in [1.165, 1.54) is 24.9 Å². The third-order valence-corrected chi connectivity index (χ3v) is 6.06. The van der Waals surface area contributed by atoms with Crippen molar-refractivity contribution >= 4 is 34.7 Å². The first-order chi connectivity index (χ1) is 13.1. The molecule has 0 unspecified atom stereocenters. The molecule has 1 N–H and O–H groups in total. The van der Waals surface area contributed by atoms with Crippen molar-refractivity contribution in [3.8, 4) is 10.7 Å². The third kappa shape index (κ3) is 3.45. The molecule has 2 aromatic heterocycles. The van der Waals surface area contributed by atoms with Gasteiger partial charge in [0.25, 0.3) is 11.6 Å². The predicted molar refractivity (Wildman–Crippen MR) is 102 cm³/mol. The molecule has 1 fully saturated rings. The standard InChI is InChI=1S/C17H15N5O3S2/c1-18-16(23)10-4-7-13(12(9-10)22(24)25)27-17-20-19-15(14-3-2-8-26-14)21(17)11-5-6-11/h2-4,7-9,11H,5-6H2,1H3,(H,18,23). The summed E-state index contributed by atoms with van der Waals surface area (Å²) in [6, 6.07) is 8.72. The van der Waals surface area contributed by atoms with Gasteiger partial charge in [-0.2, -0.15) is 0 Å². The first-order valence-corrected chi connectivity index (χ1v) is 9.95. The number of amides is 1. The molecule has 3 aromatic rings. The average Bonchev–Trinajstić information content (AvgIpc) is 3.19. The van der Waals surface area contributed by atoms with E-state index < -0.39 is 4.92 Å². The highest BCUT2D eigenvalue weighted by atomic mass is 32.2. The number of nitro groups is 1. The molecule has 0 radical (unpaired) electrons. The Balaban J connectivity index is 1.72. The topological polar surface area (TPSA) is 103 Å². The second kappa shape index (κ2) is 7.12. The number of thiophene rings is 1. The normalized spacial score (nSPS) is 13.5. The molecular formula is C17H15N5O3S2. The molecule has 8 nitrogen and oxygen atoms in total. The van der Waals surface area contributed by atoms with Crippen molar-refractivity contribution in [2.24, 2.45) is 0 Å². The highest BCUT2D eigenvalue weighted by Gasteiger charge is 2.31. The van der Waals surface area contributed by atoms with Crippen molar-refractivity contribution in [1.29, 1.82) is 0 Å². The van der Waals surface area contributed by atoms with Crippen LogP contribution in [0.4, 0.5) is 5.69 Å². The molecule has 2 heterocycles. The van der Waals surface area contributed by atoms with Crippen LogP contribution in [0, 0.1) is 10.1 Å². The molecule has 0 spiro atoms. The van der Waals surface area contributed by atoms with Gasteiger partial charge < -0.3 is 5.32 Å². The molecule has 0 aliphatic heterocycles. The van der Waals surface area contributed by atoms with E-state index in [1.54, 1.807) is 23.5 Å². The Hall–Kier alpha value is -2.72. The maximum Gasteiger partial charge on any atom is 0.284 e. The van der Waals surface area contributed by atoms with E-state index in [1.807, 2.05) is 17.5 Å². The molecule has 0 saturated heterocycles. The fourth-order valence-electron chi connectivity index (χ4n) is 2.71. The van der Waals surface area contributed by atoms with Gasteiger partial charge in [-0.15, -0.1) is 21.5 Å². The Bertz CT molecular complexity index is 1010. The second-order valence-corrected chi connectivity index (χ2v) is 7.96. The molecule has 1 aliphatic carbocycles. The number of benzene rings is 1. The van der Waals surface area contributed by atoms with Crippen LogP contribution in [0.15, 0.2) is 45.8 Å². The Morgan fingerprint density at radius 3 is 2.81 bits per heavy atom. The summed E-state index contributed by atoms with van der Waals surface area (Å²) < 4.78 is 2.06. The summed E-state index contributed by atoms with van der Waals surface area (Å²) in [5, 5.41) is 25.2. The molecule has 4 rings (SSSR count). The highest BCUT2D eigenvalue weighted by molar-refractivity contribution is 7.99. The minimum Gasteiger partial charge on any atom is -0.355 e. The molecule has 0 bridgehead atoms. The van der Waals surface area contributed by atoms with Crippen LogP contribution < -0.4 is 5.32 Å². The van der Waals surface area contributed by atoms with Crippen molar-refractivity contribution in [2.75, 3.05) is 7.05 Å². The number of carbonyl (C=O) groups is 1. The van der Waals surface area contributed by atoms with Gasteiger partial charge in [-0.05, 0) is 48.2 Å². The van der Waals surface area contributed by atoms with E-state index in [2.05, 4.69) is 20.1 Å². The van der Waals surface area contributed by atoms with Crippen LogP contribution in [-0.4, -0.2) is 32.6 Å². The van der Waals surface area contributed by atoms with Crippen LogP contribution in [0.5, 0.6) is 0 Å². The largest absolute Gasteiger partial charge is 0.355 e. The Morgan fingerprint density at radius 1 is 1.37 bits per heavy atom. The number of aromatic nitrogens is 3. The number of nitrogens with zero attached hydrogens (tertiary/aromatic N) is 4. The summed E-state index contributed by atoms with van der Waals surface area (Å²) in [4.78, 5) is 24.3. The monoisotopic (exact) mass is 401 g/mol. The van der Waals surface area contributed by atoms with Gasteiger partial charge in [0.15, 0.2) is 11.0 Å². The summed E-state index contributed by atoms with van der Waals surface area (Å²) in [5.41, 5.74) is 0.126. The summed E-state index contributed by atoms with van der Waals surface area (Å²) >= 11 is 2.79. The molecule has 27 heavy (non-hydrogen) atoms. The van der Waals surface area contributed by atoms with Crippen LogP contribution in [0.25, 0.3) is 10.7 Å². The van der Waals surface area contributed by atoms with Crippen molar-refractivity contribution < 1.29 is 9.72 Å². The molecule has 1 aliphatic rings. The third-order valence-electron chi connectivity index (χ3n) is 4.16. The van der Waals surface area contributed by atoms with Gasteiger partial charge >= 0.3 is 0 Å². The lowest BCUT2D eigenvalue weighted by molar-refractivity contribution is -0.387. The zero-order valence-electron chi connectivity index (χ0n) is 14.3. The number of nitro benzene ring substituents is 1. The van der Waals surface area contributed by atoms with Crippen molar-refractivity contribution in [1.82, 2.24) is 20.1 Å². The van der Waals surface area contributed by atoms with Gasteiger partial charge in [0.1, 0.15) is 0 Å². The molecular weight excluding hydrogens is 386 g/mol. The van der Waals surface area contributed by atoms with Gasteiger partial charge in [0.05, 0.1) is 14.7 Å². The van der Waals surface area contributed by atoms with Gasteiger partial charge in [-0.1, -0.05) is 6.07 Å². The maximum atomic E-state index is 11.8. The number of nitrogens with one attached hydrogen (secondary N) is 1. The van der Waals surface area contributed by atoms with Crippen LogP contribution in [-0.2, 0) is 0 Å². The first-order valence-electron chi connectivity index (χ1n) is 8.25. The SMILES string of the molecule is CNC(=O)c1ccc(Sc2nnc(-c3cccs3)n2C2CC2)c([N+](=O)[O-])c1. The lowest BCUT2D eigenvalue weighted by Gasteiger charge is -2.08. The summed E-state index contributed by atoms with van der Waals surface area (Å²) in [7, 11) is 1.49. The summed E-state index contributed by atoms with van der Waals surface area (Å²) in [6.45, 7) is 0. The van der Waals surface area contributed by atoms with Crippen LogP contribution in [0.2, 0.25) is 0 Å². The zero-order chi connectivity index (χ0) is 19.0. The fourth-order valence-corrected chi connectivity index (χ4v) is 4.40. The zero-order valence-corrected chi connectivity index (χ0v) is 15.9. The molecule has 10 heteroatoms.